The number of hydrazine groups is 1. The highest BCUT2D eigenvalue weighted by atomic mass is 16.3. The molecule has 0 unspecified atom stereocenters. The molecule has 2 aromatic rings. The molecule has 0 aliphatic rings. The van der Waals surface area contributed by atoms with Crippen molar-refractivity contribution < 1.29 is 9.90 Å². The maximum Gasteiger partial charge on any atom is 0.329 e. The first-order valence-corrected chi connectivity index (χ1v) is 5.78. The average molecular weight is 282 g/mol. The zero-order valence-electron chi connectivity index (χ0n) is 10.9. The van der Waals surface area contributed by atoms with E-state index in [0.29, 0.717) is 0 Å². The van der Waals surface area contributed by atoms with Gasteiger partial charge in [0.1, 0.15) is 0 Å². The second-order valence-corrected chi connectivity index (χ2v) is 4.11. The van der Waals surface area contributed by atoms with E-state index in [0.717, 1.165) is 0 Å². The lowest BCUT2D eigenvalue weighted by molar-refractivity contribution is -0.118. The summed E-state index contributed by atoms with van der Waals surface area (Å²) in [5, 5.41) is 9.07. The number of nitrogens with one attached hydrogen (secondary N) is 3. The standard InChI is InChI=1S/C10H14N6O4/c1-5(18)13-14-9-11-7-6(16(9)3-4-17)8(19)12-10(20)15(7)2/h17H,3-4H2,1-2H3,(H,11,14)(H,13,18)(H,12,19,20). The summed E-state index contributed by atoms with van der Waals surface area (Å²) < 4.78 is 2.55. The van der Waals surface area contributed by atoms with Gasteiger partial charge in [0.15, 0.2) is 11.2 Å². The fourth-order valence-corrected chi connectivity index (χ4v) is 1.79. The molecule has 4 N–H and O–H groups in total. The number of amides is 1. The van der Waals surface area contributed by atoms with Crippen molar-refractivity contribution in [2.24, 2.45) is 7.05 Å². The SMILES string of the molecule is CC(=O)NNc1nc2c(c(=O)[nH]c(=O)n2C)n1CCO. The molecule has 0 fully saturated rings. The van der Waals surface area contributed by atoms with Gasteiger partial charge >= 0.3 is 5.69 Å². The van der Waals surface area contributed by atoms with Crippen LogP contribution in [0.3, 0.4) is 0 Å². The predicted molar refractivity (Wildman–Crippen MR) is 70.1 cm³/mol. The fraction of sp³-hybridized carbons (Fsp3) is 0.400. The van der Waals surface area contributed by atoms with Crippen molar-refractivity contribution in [2.45, 2.75) is 13.5 Å². The lowest BCUT2D eigenvalue weighted by Gasteiger charge is -2.08. The fourth-order valence-electron chi connectivity index (χ4n) is 1.79. The van der Waals surface area contributed by atoms with Crippen molar-refractivity contribution in [1.29, 1.82) is 0 Å². The summed E-state index contributed by atoms with van der Waals surface area (Å²) in [6.45, 7) is 1.15. The first kappa shape index (κ1) is 13.8. The van der Waals surface area contributed by atoms with Crippen LogP contribution in [-0.2, 0) is 18.4 Å². The number of aromatic amines is 1. The molecule has 108 valence electrons. The van der Waals surface area contributed by atoms with Crippen LogP contribution < -0.4 is 22.1 Å². The predicted octanol–water partition coefficient (Wildman–Crippen LogP) is -2.12. The quantitative estimate of drug-likeness (QED) is 0.474. The van der Waals surface area contributed by atoms with Crippen molar-refractivity contribution in [1.82, 2.24) is 24.5 Å². The summed E-state index contributed by atoms with van der Waals surface area (Å²) in [5.41, 5.74) is 3.94. The maximum absolute atomic E-state index is 11.9. The monoisotopic (exact) mass is 282 g/mol. The third-order valence-electron chi connectivity index (χ3n) is 2.68. The molecule has 20 heavy (non-hydrogen) atoms. The van der Waals surface area contributed by atoms with Crippen molar-refractivity contribution in [3.8, 4) is 0 Å². The Hall–Kier alpha value is -2.62. The average Bonchev–Trinajstić information content (AvgIpc) is 2.74. The molecule has 0 bridgehead atoms. The van der Waals surface area contributed by atoms with Gasteiger partial charge in [-0.1, -0.05) is 0 Å². The zero-order chi connectivity index (χ0) is 14.9. The van der Waals surface area contributed by atoms with E-state index in [4.69, 9.17) is 5.11 Å². The Bertz CT molecular complexity index is 770. The van der Waals surface area contributed by atoms with Gasteiger partial charge in [-0.05, 0) is 0 Å². The first-order valence-electron chi connectivity index (χ1n) is 5.78. The van der Waals surface area contributed by atoms with Crippen LogP contribution in [0.5, 0.6) is 0 Å². The van der Waals surface area contributed by atoms with Gasteiger partial charge in [0.25, 0.3) is 5.56 Å². The molecule has 0 radical (unpaired) electrons. The number of nitrogens with zero attached hydrogens (tertiary/aromatic N) is 3. The van der Waals surface area contributed by atoms with E-state index in [2.05, 4.69) is 20.8 Å². The Morgan fingerprint density at radius 2 is 2.15 bits per heavy atom. The molecule has 10 nitrogen and oxygen atoms in total. The van der Waals surface area contributed by atoms with Gasteiger partial charge in [0.05, 0.1) is 6.61 Å². The maximum atomic E-state index is 11.9. The number of rotatable bonds is 4. The molecule has 0 aliphatic carbocycles. The van der Waals surface area contributed by atoms with Crippen LogP contribution in [0.1, 0.15) is 6.92 Å². The molecule has 2 heterocycles. The summed E-state index contributed by atoms with van der Waals surface area (Å²) in [7, 11) is 1.46. The van der Waals surface area contributed by atoms with Gasteiger partial charge in [-0.15, -0.1) is 0 Å². The van der Waals surface area contributed by atoms with E-state index in [1.165, 1.54) is 23.1 Å². The summed E-state index contributed by atoms with van der Waals surface area (Å²) in [6, 6.07) is 0. The van der Waals surface area contributed by atoms with Crippen molar-refractivity contribution >= 4 is 23.0 Å². The number of H-pyrrole nitrogens is 1. The molecule has 0 spiro atoms. The van der Waals surface area contributed by atoms with E-state index in [-0.39, 0.29) is 36.2 Å². The van der Waals surface area contributed by atoms with Gasteiger partial charge in [0, 0.05) is 20.5 Å². The van der Waals surface area contributed by atoms with Gasteiger partial charge < -0.3 is 9.67 Å². The lowest BCUT2D eigenvalue weighted by Crippen LogP contribution is -2.30. The number of aryl methyl sites for hydroxylation is 1. The van der Waals surface area contributed by atoms with E-state index in [9.17, 15) is 14.4 Å². The first-order chi connectivity index (χ1) is 9.45. The Morgan fingerprint density at radius 3 is 2.75 bits per heavy atom. The van der Waals surface area contributed by atoms with Crippen LogP contribution in [0.4, 0.5) is 5.95 Å². The third-order valence-corrected chi connectivity index (χ3v) is 2.68. The number of aliphatic hydroxyl groups is 1. The largest absolute Gasteiger partial charge is 0.395 e. The van der Waals surface area contributed by atoms with Gasteiger partial charge in [-0.3, -0.25) is 30.0 Å². The molecule has 10 heteroatoms. The zero-order valence-corrected chi connectivity index (χ0v) is 10.9. The summed E-state index contributed by atoms with van der Waals surface area (Å²) in [5.74, 6) is -0.202. The van der Waals surface area contributed by atoms with E-state index < -0.39 is 11.2 Å². The van der Waals surface area contributed by atoms with Crippen molar-refractivity contribution in [3.63, 3.8) is 0 Å². The minimum Gasteiger partial charge on any atom is -0.395 e. The molecule has 0 aromatic carbocycles. The van der Waals surface area contributed by atoms with E-state index in [1.54, 1.807) is 0 Å². The molecule has 0 saturated carbocycles. The number of carbonyl (C=O) groups is 1. The molecular weight excluding hydrogens is 268 g/mol. The van der Waals surface area contributed by atoms with Crippen molar-refractivity contribution in [2.75, 3.05) is 12.0 Å². The molecule has 2 aromatic heterocycles. The normalized spacial score (nSPS) is 10.8. The van der Waals surface area contributed by atoms with E-state index >= 15 is 0 Å². The van der Waals surface area contributed by atoms with Gasteiger partial charge in [-0.25, -0.2) is 4.79 Å². The Balaban J connectivity index is 2.69. The Morgan fingerprint density at radius 1 is 1.45 bits per heavy atom. The molecule has 1 amide bonds. The summed E-state index contributed by atoms with van der Waals surface area (Å²) >= 11 is 0. The molecular formula is C10H14N6O4. The second-order valence-electron chi connectivity index (χ2n) is 4.11. The molecule has 0 saturated heterocycles. The number of carbonyl (C=O) groups excluding carboxylic acids is 1. The van der Waals surface area contributed by atoms with Crippen LogP contribution in [-0.4, -0.2) is 36.7 Å². The van der Waals surface area contributed by atoms with E-state index in [1.807, 2.05) is 0 Å². The number of imidazole rings is 1. The minimum absolute atomic E-state index is 0.0830. The number of hydrogen-bond donors (Lipinski definition) is 4. The Kier molecular flexibility index (Phi) is 3.57. The smallest absolute Gasteiger partial charge is 0.329 e. The van der Waals surface area contributed by atoms with Gasteiger partial charge in [0.2, 0.25) is 11.9 Å². The van der Waals surface area contributed by atoms with Crippen LogP contribution in [0, 0.1) is 0 Å². The number of anilines is 1. The van der Waals surface area contributed by atoms with Crippen LogP contribution in [0.25, 0.3) is 11.2 Å². The topological polar surface area (TPSA) is 134 Å². The highest BCUT2D eigenvalue weighted by Gasteiger charge is 2.16. The summed E-state index contributed by atoms with van der Waals surface area (Å²) in [4.78, 5) is 40.5. The minimum atomic E-state index is -0.611. The molecule has 0 atom stereocenters. The molecule has 2 rings (SSSR count). The highest BCUT2D eigenvalue weighted by Crippen LogP contribution is 2.13. The third kappa shape index (κ3) is 2.28. The van der Waals surface area contributed by atoms with Crippen LogP contribution in [0.15, 0.2) is 9.59 Å². The number of hydrogen-bond acceptors (Lipinski definition) is 6. The Labute approximate surface area is 112 Å². The lowest BCUT2D eigenvalue weighted by atomic mass is 10.5. The number of aromatic nitrogens is 4. The summed E-state index contributed by atoms with van der Waals surface area (Å²) in [6.07, 6.45) is 0. The number of aliphatic hydroxyl groups excluding tert-OH is 1. The van der Waals surface area contributed by atoms with Crippen LogP contribution >= 0.6 is 0 Å². The van der Waals surface area contributed by atoms with Crippen LogP contribution in [0.2, 0.25) is 0 Å². The highest BCUT2D eigenvalue weighted by molar-refractivity contribution is 5.77. The van der Waals surface area contributed by atoms with Gasteiger partial charge in [-0.2, -0.15) is 4.98 Å². The molecule has 0 aliphatic heterocycles. The second kappa shape index (κ2) is 5.17. The number of fused-ring (bicyclic) bond motifs is 1. The van der Waals surface area contributed by atoms with Crippen molar-refractivity contribution in [3.05, 3.63) is 20.8 Å².